The first-order valence-corrected chi connectivity index (χ1v) is 8.11. The molecule has 126 valence electrons. The lowest BCUT2D eigenvalue weighted by molar-refractivity contribution is -0.125. The lowest BCUT2D eigenvalue weighted by Gasteiger charge is -2.23. The molecule has 5 nitrogen and oxygen atoms in total. The Bertz CT molecular complexity index is 799. The number of amides is 1. The topological polar surface area (TPSA) is 64.0 Å². The van der Waals surface area contributed by atoms with Crippen LogP contribution < -0.4 is 10.9 Å². The number of hydrogen-bond donors (Lipinski definition) is 1. The molecule has 6 heteroatoms. The number of hydrogen-bond acceptors (Lipinski definition) is 3. The van der Waals surface area contributed by atoms with E-state index >= 15 is 0 Å². The Balaban J connectivity index is 1.55. The van der Waals surface area contributed by atoms with Crippen LogP contribution in [0.3, 0.4) is 0 Å². The van der Waals surface area contributed by atoms with Gasteiger partial charge in [0.25, 0.3) is 5.56 Å². The molecule has 0 saturated carbocycles. The predicted molar refractivity (Wildman–Crippen MR) is 88.1 cm³/mol. The molecule has 0 aliphatic heterocycles. The van der Waals surface area contributed by atoms with Crippen molar-refractivity contribution >= 4 is 5.91 Å². The van der Waals surface area contributed by atoms with Crippen LogP contribution in [0, 0.1) is 11.7 Å². The Hall–Kier alpha value is -2.50. The summed E-state index contributed by atoms with van der Waals surface area (Å²) in [4.78, 5) is 24.0. The SMILES string of the molecule is Cn1nc2c(cc1=O)C[C@H](C(=O)NCCc1ccc(F)cc1)CC2. The molecule has 0 saturated heterocycles. The van der Waals surface area contributed by atoms with E-state index in [1.807, 2.05) is 0 Å². The van der Waals surface area contributed by atoms with Gasteiger partial charge in [-0.05, 0) is 48.9 Å². The Labute approximate surface area is 139 Å². The smallest absolute Gasteiger partial charge is 0.266 e. The number of benzene rings is 1. The first-order valence-electron chi connectivity index (χ1n) is 8.11. The average molecular weight is 329 g/mol. The monoisotopic (exact) mass is 329 g/mol. The van der Waals surface area contributed by atoms with Crippen LogP contribution in [-0.4, -0.2) is 22.2 Å². The van der Waals surface area contributed by atoms with Gasteiger partial charge >= 0.3 is 0 Å². The number of fused-ring (bicyclic) bond motifs is 1. The second-order valence-electron chi connectivity index (χ2n) is 6.19. The summed E-state index contributed by atoms with van der Waals surface area (Å²) >= 11 is 0. The molecule has 1 N–H and O–H groups in total. The number of nitrogens with zero attached hydrogens (tertiary/aromatic N) is 2. The van der Waals surface area contributed by atoms with Crippen molar-refractivity contribution in [2.75, 3.05) is 6.54 Å². The standard InChI is InChI=1S/C18H20FN3O2/c1-22-17(23)11-14-10-13(4-7-16(14)21-22)18(24)20-9-8-12-2-5-15(19)6-3-12/h2-3,5-6,11,13H,4,7-10H2,1H3,(H,20,24)/t13-/m1/s1. The second-order valence-corrected chi connectivity index (χ2v) is 6.19. The number of rotatable bonds is 4. The third kappa shape index (κ3) is 3.69. The normalized spacial score (nSPS) is 16.5. The fourth-order valence-electron chi connectivity index (χ4n) is 3.04. The molecule has 1 aliphatic rings. The Morgan fingerprint density at radius 3 is 2.88 bits per heavy atom. The highest BCUT2D eigenvalue weighted by molar-refractivity contribution is 5.79. The third-order valence-corrected chi connectivity index (χ3v) is 4.45. The molecule has 1 heterocycles. The molecule has 1 amide bonds. The molecule has 0 radical (unpaired) electrons. The van der Waals surface area contributed by atoms with Crippen molar-refractivity contribution in [3.05, 3.63) is 63.3 Å². The highest BCUT2D eigenvalue weighted by atomic mass is 19.1. The van der Waals surface area contributed by atoms with Gasteiger partial charge in [-0.2, -0.15) is 5.10 Å². The van der Waals surface area contributed by atoms with E-state index in [2.05, 4.69) is 10.4 Å². The summed E-state index contributed by atoms with van der Waals surface area (Å²) < 4.78 is 14.2. The van der Waals surface area contributed by atoms with Gasteiger partial charge in [0.2, 0.25) is 5.91 Å². The molecule has 3 rings (SSSR count). The van der Waals surface area contributed by atoms with Crippen molar-refractivity contribution in [2.45, 2.75) is 25.7 Å². The maximum Gasteiger partial charge on any atom is 0.266 e. The molecule has 0 bridgehead atoms. The van der Waals surface area contributed by atoms with Gasteiger partial charge in [0, 0.05) is 25.6 Å². The van der Waals surface area contributed by atoms with Gasteiger partial charge in [-0.25, -0.2) is 9.07 Å². The van der Waals surface area contributed by atoms with E-state index in [-0.39, 0.29) is 23.2 Å². The highest BCUT2D eigenvalue weighted by Gasteiger charge is 2.25. The van der Waals surface area contributed by atoms with Gasteiger partial charge in [0.15, 0.2) is 0 Å². The second kappa shape index (κ2) is 6.95. The molecule has 1 aliphatic carbocycles. The van der Waals surface area contributed by atoms with E-state index in [1.165, 1.54) is 16.8 Å². The fourth-order valence-corrected chi connectivity index (χ4v) is 3.04. The average Bonchev–Trinajstić information content (AvgIpc) is 2.57. The van der Waals surface area contributed by atoms with Crippen LogP contribution in [0.15, 0.2) is 35.1 Å². The van der Waals surface area contributed by atoms with Gasteiger partial charge < -0.3 is 5.32 Å². The lowest BCUT2D eigenvalue weighted by atomic mass is 9.86. The molecule has 0 spiro atoms. The van der Waals surface area contributed by atoms with Crippen LogP contribution in [0.1, 0.15) is 23.2 Å². The number of aromatic nitrogens is 2. The predicted octanol–water partition coefficient (Wildman–Crippen LogP) is 1.38. The summed E-state index contributed by atoms with van der Waals surface area (Å²) in [6.45, 7) is 0.516. The maximum atomic E-state index is 12.9. The van der Waals surface area contributed by atoms with E-state index < -0.39 is 0 Å². The van der Waals surface area contributed by atoms with Crippen LogP contribution in [0.4, 0.5) is 4.39 Å². The number of halogens is 1. The molecular weight excluding hydrogens is 309 g/mol. The third-order valence-electron chi connectivity index (χ3n) is 4.45. The summed E-state index contributed by atoms with van der Waals surface area (Å²) in [5, 5.41) is 7.19. The van der Waals surface area contributed by atoms with Crippen LogP contribution >= 0.6 is 0 Å². The highest BCUT2D eigenvalue weighted by Crippen LogP contribution is 2.23. The van der Waals surface area contributed by atoms with Gasteiger partial charge in [-0.15, -0.1) is 0 Å². The first kappa shape index (κ1) is 16.4. The van der Waals surface area contributed by atoms with Crippen molar-refractivity contribution in [3.8, 4) is 0 Å². The minimum Gasteiger partial charge on any atom is -0.356 e. The van der Waals surface area contributed by atoms with Crippen molar-refractivity contribution < 1.29 is 9.18 Å². The van der Waals surface area contributed by atoms with Crippen LogP contribution in [0.25, 0.3) is 0 Å². The number of carbonyl (C=O) groups excluding carboxylic acids is 1. The molecule has 1 aromatic carbocycles. The minimum atomic E-state index is -0.261. The first-order chi connectivity index (χ1) is 11.5. The summed E-state index contributed by atoms with van der Waals surface area (Å²) in [6, 6.07) is 7.87. The number of aryl methyl sites for hydroxylation is 2. The van der Waals surface area contributed by atoms with E-state index in [4.69, 9.17) is 0 Å². The molecule has 1 aromatic heterocycles. The van der Waals surface area contributed by atoms with Crippen molar-refractivity contribution in [1.29, 1.82) is 0 Å². The van der Waals surface area contributed by atoms with Gasteiger partial charge in [0.05, 0.1) is 5.69 Å². The van der Waals surface area contributed by atoms with E-state index in [9.17, 15) is 14.0 Å². The summed E-state index contributed by atoms with van der Waals surface area (Å²) in [6.07, 6.45) is 2.66. The Morgan fingerprint density at radius 1 is 1.38 bits per heavy atom. The van der Waals surface area contributed by atoms with Crippen LogP contribution in [0.2, 0.25) is 0 Å². The van der Waals surface area contributed by atoms with Crippen LogP contribution in [-0.2, 0) is 31.1 Å². The van der Waals surface area contributed by atoms with Crippen LogP contribution in [0.5, 0.6) is 0 Å². The Morgan fingerprint density at radius 2 is 2.12 bits per heavy atom. The van der Waals surface area contributed by atoms with Crippen molar-refractivity contribution in [2.24, 2.45) is 13.0 Å². The van der Waals surface area contributed by atoms with Crippen molar-refractivity contribution in [1.82, 2.24) is 15.1 Å². The van der Waals surface area contributed by atoms with E-state index in [1.54, 1.807) is 25.2 Å². The maximum absolute atomic E-state index is 12.9. The van der Waals surface area contributed by atoms with Gasteiger partial charge in [0.1, 0.15) is 5.82 Å². The summed E-state index contributed by atoms with van der Waals surface area (Å²) in [5.74, 6) is -0.383. The van der Waals surface area contributed by atoms with Crippen molar-refractivity contribution in [3.63, 3.8) is 0 Å². The molecule has 2 aromatic rings. The molecule has 0 unspecified atom stereocenters. The zero-order valence-corrected chi connectivity index (χ0v) is 13.6. The molecule has 1 atom stereocenters. The zero-order chi connectivity index (χ0) is 17.1. The van der Waals surface area contributed by atoms with E-state index in [0.29, 0.717) is 25.8 Å². The summed E-state index contributed by atoms with van der Waals surface area (Å²) in [7, 11) is 1.64. The zero-order valence-electron chi connectivity index (χ0n) is 13.6. The summed E-state index contributed by atoms with van der Waals surface area (Å²) in [5.41, 5.74) is 2.63. The Kier molecular flexibility index (Phi) is 4.74. The van der Waals surface area contributed by atoms with E-state index in [0.717, 1.165) is 23.2 Å². The molecule has 0 fully saturated rings. The largest absolute Gasteiger partial charge is 0.356 e. The quantitative estimate of drug-likeness (QED) is 0.922. The number of nitrogens with one attached hydrogen (secondary N) is 1. The number of carbonyl (C=O) groups is 1. The van der Waals surface area contributed by atoms with Gasteiger partial charge in [-0.1, -0.05) is 12.1 Å². The minimum absolute atomic E-state index is 0.00318. The molecule has 24 heavy (non-hydrogen) atoms. The fraction of sp³-hybridized carbons (Fsp3) is 0.389. The molecular formula is C18H20FN3O2. The van der Waals surface area contributed by atoms with Gasteiger partial charge in [-0.3, -0.25) is 9.59 Å². The lowest BCUT2D eigenvalue weighted by Crippen LogP contribution is -2.36.